The number of aromatic amines is 1. The minimum absolute atomic E-state index is 0.752. The predicted molar refractivity (Wildman–Crippen MR) is 102 cm³/mol. The summed E-state index contributed by atoms with van der Waals surface area (Å²) >= 11 is 0. The molecule has 7 nitrogen and oxygen atoms in total. The molecule has 2 aliphatic rings. The average Bonchev–Trinajstić information content (AvgIpc) is 3.39. The average molecular weight is 352 g/mol. The zero-order valence-electron chi connectivity index (χ0n) is 15.0. The van der Waals surface area contributed by atoms with E-state index >= 15 is 0 Å². The third kappa shape index (κ3) is 3.35. The maximum Gasteiger partial charge on any atom is 0.182 e. The van der Waals surface area contributed by atoms with E-state index in [-0.39, 0.29) is 0 Å². The summed E-state index contributed by atoms with van der Waals surface area (Å²) in [6.45, 7) is 4.20. The van der Waals surface area contributed by atoms with Gasteiger partial charge in [-0.25, -0.2) is 15.0 Å². The summed E-state index contributed by atoms with van der Waals surface area (Å²) < 4.78 is 5.27. The number of methoxy groups -OCH3 is 1. The van der Waals surface area contributed by atoms with E-state index in [0.29, 0.717) is 0 Å². The van der Waals surface area contributed by atoms with Gasteiger partial charge < -0.3 is 19.9 Å². The number of fused-ring (bicyclic) bond motifs is 2. The molecular formula is C19H24N6O. The predicted octanol–water partition coefficient (Wildman–Crippen LogP) is 2.29. The lowest BCUT2D eigenvalue weighted by Crippen LogP contribution is -2.23. The third-order valence-corrected chi connectivity index (χ3v) is 4.93. The maximum absolute atomic E-state index is 5.27. The van der Waals surface area contributed by atoms with Crippen molar-refractivity contribution < 1.29 is 4.74 Å². The second-order valence-corrected chi connectivity index (χ2v) is 6.52. The Labute approximate surface area is 152 Å². The molecule has 0 bridgehead atoms. The number of ether oxygens (including phenoxy) is 1. The highest BCUT2D eigenvalue weighted by molar-refractivity contribution is 5.82. The molecule has 0 radical (unpaired) electrons. The van der Waals surface area contributed by atoms with Crippen LogP contribution in [0.4, 0.5) is 5.82 Å². The van der Waals surface area contributed by atoms with Crippen molar-refractivity contribution in [3.63, 3.8) is 0 Å². The van der Waals surface area contributed by atoms with Gasteiger partial charge in [0.2, 0.25) is 0 Å². The summed E-state index contributed by atoms with van der Waals surface area (Å²) in [5.74, 6) is 2.00. The van der Waals surface area contributed by atoms with E-state index in [0.717, 1.165) is 55.3 Å². The SMILES string of the molecule is COc1cccc2c1CNCC2.c1nc(N2CCCC2)c2[nH]cnc2n1. The van der Waals surface area contributed by atoms with Crippen LogP contribution in [-0.2, 0) is 13.0 Å². The normalized spacial score (nSPS) is 16.1. The molecule has 0 amide bonds. The summed E-state index contributed by atoms with van der Waals surface area (Å²) in [7, 11) is 1.73. The number of hydrogen-bond acceptors (Lipinski definition) is 6. The number of nitrogens with zero attached hydrogens (tertiary/aromatic N) is 4. The fourth-order valence-corrected chi connectivity index (χ4v) is 3.59. The fourth-order valence-electron chi connectivity index (χ4n) is 3.59. The summed E-state index contributed by atoms with van der Waals surface area (Å²) in [6.07, 6.45) is 6.86. The molecule has 0 saturated carbocycles. The number of imidazole rings is 1. The van der Waals surface area contributed by atoms with Crippen molar-refractivity contribution >= 4 is 17.0 Å². The third-order valence-electron chi connectivity index (χ3n) is 4.93. The van der Waals surface area contributed by atoms with E-state index < -0.39 is 0 Å². The van der Waals surface area contributed by atoms with Gasteiger partial charge in [-0.05, 0) is 37.4 Å². The number of benzene rings is 1. The van der Waals surface area contributed by atoms with Crippen LogP contribution >= 0.6 is 0 Å². The van der Waals surface area contributed by atoms with Gasteiger partial charge in [0.1, 0.15) is 17.6 Å². The lowest BCUT2D eigenvalue weighted by Gasteiger charge is -2.19. The number of H-pyrrole nitrogens is 1. The van der Waals surface area contributed by atoms with Crippen LogP contribution in [-0.4, -0.2) is 46.7 Å². The van der Waals surface area contributed by atoms with Crippen molar-refractivity contribution in [2.75, 3.05) is 31.6 Å². The minimum Gasteiger partial charge on any atom is -0.496 e. The second-order valence-electron chi connectivity index (χ2n) is 6.52. The number of aromatic nitrogens is 4. The van der Waals surface area contributed by atoms with Crippen molar-refractivity contribution in [1.82, 2.24) is 25.3 Å². The standard InChI is InChI=1S/C10H13NO.C9H11N5/c1-12-10-4-2-3-8-5-6-11-7-9(8)10;1-2-4-14(3-1)9-7-8(11-5-10-7)12-6-13-9/h2-4,11H,5-7H2,1H3;5-6H,1-4H2,(H,10,11,12,13). The van der Waals surface area contributed by atoms with Crippen molar-refractivity contribution in [3.05, 3.63) is 42.0 Å². The smallest absolute Gasteiger partial charge is 0.182 e. The molecule has 7 heteroatoms. The molecule has 3 aromatic rings. The van der Waals surface area contributed by atoms with Crippen LogP contribution in [0.1, 0.15) is 24.0 Å². The van der Waals surface area contributed by atoms with Crippen LogP contribution < -0.4 is 15.0 Å². The number of anilines is 1. The molecule has 0 atom stereocenters. The molecule has 2 aliphatic heterocycles. The van der Waals surface area contributed by atoms with Gasteiger partial charge in [0, 0.05) is 25.2 Å². The molecule has 5 rings (SSSR count). The molecule has 1 saturated heterocycles. The van der Waals surface area contributed by atoms with Gasteiger partial charge in [-0.1, -0.05) is 12.1 Å². The largest absolute Gasteiger partial charge is 0.496 e. The van der Waals surface area contributed by atoms with Crippen LogP contribution in [0, 0.1) is 0 Å². The van der Waals surface area contributed by atoms with Crippen molar-refractivity contribution in [2.45, 2.75) is 25.8 Å². The summed E-state index contributed by atoms with van der Waals surface area (Å²) in [5.41, 5.74) is 4.45. The zero-order valence-corrected chi connectivity index (χ0v) is 15.0. The Bertz CT molecular complexity index is 857. The monoisotopic (exact) mass is 352 g/mol. The molecular weight excluding hydrogens is 328 g/mol. The van der Waals surface area contributed by atoms with Gasteiger partial charge in [0.15, 0.2) is 11.5 Å². The molecule has 1 fully saturated rings. The van der Waals surface area contributed by atoms with Crippen LogP contribution in [0.15, 0.2) is 30.9 Å². The summed E-state index contributed by atoms with van der Waals surface area (Å²) in [5, 5.41) is 3.34. The highest BCUT2D eigenvalue weighted by Gasteiger charge is 2.17. The molecule has 4 heterocycles. The van der Waals surface area contributed by atoms with Crippen molar-refractivity contribution in [2.24, 2.45) is 0 Å². The van der Waals surface area contributed by atoms with E-state index in [1.54, 1.807) is 19.8 Å². The molecule has 0 unspecified atom stereocenters. The Hall–Kier alpha value is -2.67. The lowest BCUT2D eigenvalue weighted by atomic mass is 10.0. The van der Waals surface area contributed by atoms with Gasteiger partial charge in [-0.3, -0.25) is 0 Å². The molecule has 2 aromatic heterocycles. The van der Waals surface area contributed by atoms with Gasteiger partial charge >= 0.3 is 0 Å². The molecule has 1 aromatic carbocycles. The molecule has 2 N–H and O–H groups in total. The minimum atomic E-state index is 0.752. The highest BCUT2D eigenvalue weighted by Crippen LogP contribution is 2.24. The quantitative estimate of drug-likeness (QED) is 0.737. The van der Waals surface area contributed by atoms with Gasteiger partial charge in [0.25, 0.3) is 0 Å². The Kier molecular flexibility index (Phi) is 4.97. The Balaban J connectivity index is 0.000000131. The van der Waals surface area contributed by atoms with Gasteiger partial charge in [0.05, 0.1) is 13.4 Å². The summed E-state index contributed by atoms with van der Waals surface area (Å²) in [6, 6.07) is 6.26. The molecule has 0 spiro atoms. The number of nitrogens with one attached hydrogen (secondary N) is 2. The van der Waals surface area contributed by atoms with Crippen LogP contribution in [0.5, 0.6) is 5.75 Å². The maximum atomic E-state index is 5.27. The Morgan fingerprint density at radius 2 is 2.00 bits per heavy atom. The highest BCUT2D eigenvalue weighted by atomic mass is 16.5. The number of hydrogen-bond donors (Lipinski definition) is 2. The first-order chi connectivity index (χ1) is 12.9. The Morgan fingerprint density at radius 1 is 1.12 bits per heavy atom. The first-order valence-electron chi connectivity index (χ1n) is 9.11. The topological polar surface area (TPSA) is 79.0 Å². The van der Waals surface area contributed by atoms with Crippen LogP contribution in [0.25, 0.3) is 11.2 Å². The van der Waals surface area contributed by atoms with Gasteiger partial charge in [-0.15, -0.1) is 0 Å². The molecule has 0 aliphatic carbocycles. The van der Waals surface area contributed by atoms with Crippen molar-refractivity contribution in [1.29, 1.82) is 0 Å². The van der Waals surface area contributed by atoms with E-state index in [2.05, 4.69) is 42.3 Å². The van der Waals surface area contributed by atoms with E-state index in [1.807, 2.05) is 6.07 Å². The first-order valence-corrected chi connectivity index (χ1v) is 9.11. The van der Waals surface area contributed by atoms with Gasteiger partial charge in [-0.2, -0.15) is 0 Å². The molecule has 136 valence electrons. The van der Waals surface area contributed by atoms with Crippen molar-refractivity contribution in [3.8, 4) is 5.75 Å². The second kappa shape index (κ2) is 7.70. The van der Waals surface area contributed by atoms with E-state index in [1.165, 1.54) is 24.0 Å². The Morgan fingerprint density at radius 3 is 2.85 bits per heavy atom. The summed E-state index contributed by atoms with van der Waals surface area (Å²) in [4.78, 5) is 17.9. The zero-order chi connectivity index (χ0) is 17.8. The lowest BCUT2D eigenvalue weighted by molar-refractivity contribution is 0.404. The number of rotatable bonds is 2. The van der Waals surface area contributed by atoms with Crippen LogP contribution in [0.2, 0.25) is 0 Å². The fraction of sp³-hybridized carbons (Fsp3) is 0.421. The van der Waals surface area contributed by atoms with Crippen LogP contribution in [0.3, 0.4) is 0 Å². The van der Waals surface area contributed by atoms with E-state index in [9.17, 15) is 0 Å². The molecule has 26 heavy (non-hydrogen) atoms. The first kappa shape index (κ1) is 16.8. The van der Waals surface area contributed by atoms with E-state index in [4.69, 9.17) is 4.74 Å².